The second-order valence-corrected chi connectivity index (χ2v) is 9.04. The number of nitrogens with zero attached hydrogens (tertiary/aromatic N) is 2. The van der Waals surface area contributed by atoms with Crippen LogP contribution in [0.2, 0.25) is 0 Å². The summed E-state index contributed by atoms with van der Waals surface area (Å²) in [4.78, 5) is 28.6. The summed E-state index contributed by atoms with van der Waals surface area (Å²) in [5.41, 5.74) is 2.56. The lowest BCUT2D eigenvalue weighted by Gasteiger charge is -2.44. The number of alkyl halides is 1. The van der Waals surface area contributed by atoms with Crippen molar-refractivity contribution in [3.63, 3.8) is 0 Å². The van der Waals surface area contributed by atoms with Gasteiger partial charge in [-0.25, -0.2) is 0 Å². The van der Waals surface area contributed by atoms with Gasteiger partial charge in [0.05, 0.1) is 0 Å². The molecule has 5 heteroatoms. The number of carbonyl (C=O) groups is 2. The van der Waals surface area contributed by atoms with Gasteiger partial charge in [-0.2, -0.15) is 0 Å². The number of carbonyl (C=O) groups excluding carboxylic acids is 2. The minimum absolute atomic E-state index is 0.449. The van der Waals surface area contributed by atoms with E-state index in [2.05, 4.69) is 25.6 Å². The van der Waals surface area contributed by atoms with Crippen molar-refractivity contribution >= 4 is 31.0 Å². The average Bonchev–Trinajstić information content (AvgIpc) is 2.87. The van der Waals surface area contributed by atoms with Crippen LogP contribution in [0.15, 0.2) is 53.1 Å². The standard InChI is InChI=1S/C20H28N2O2.C7H11Cl.C2H6/c1-16(2)19-8-11-20(21-3,12-9-19)22(15-24)13-10-17-4-6-18(14-23)7-5-17;1-3-4-7(2)5-6-8;1-2/h4-7,14-16,19H,3,8-13H2,1-2H3;3-5H,6H2,1-2H3;1-2H3/b;4-3-,7-5-;. The van der Waals surface area contributed by atoms with E-state index in [9.17, 15) is 9.59 Å². The normalized spacial score (nSPS) is 20.0. The molecule has 0 spiro atoms. The van der Waals surface area contributed by atoms with Crippen molar-refractivity contribution in [2.75, 3.05) is 12.4 Å². The van der Waals surface area contributed by atoms with Crippen LogP contribution in [0.4, 0.5) is 0 Å². The van der Waals surface area contributed by atoms with Crippen LogP contribution in [0.3, 0.4) is 0 Å². The number of amides is 1. The van der Waals surface area contributed by atoms with E-state index in [1.807, 2.05) is 75.1 Å². The van der Waals surface area contributed by atoms with Gasteiger partial charge in [0.15, 0.2) is 0 Å². The molecular formula is C29H45ClN2O2. The van der Waals surface area contributed by atoms with E-state index >= 15 is 0 Å². The summed E-state index contributed by atoms with van der Waals surface area (Å²) in [6.07, 6.45) is 12.5. The lowest BCUT2D eigenvalue weighted by Crippen LogP contribution is -2.50. The van der Waals surface area contributed by atoms with Gasteiger partial charge in [0.2, 0.25) is 6.41 Å². The lowest BCUT2D eigenvalue weighted by molar-refractivity contribution is -0.125. The van der Waals surface area contributed by atoms with Crippen LogP contribution < -0.4 is 0 Å². The van der Waals surface area contributed by atoms with Gasteiger partial charge in [-0.3, -0.25) is 14.6 Å². The molecule has 4 nitrogen and oxygen atoms in total. The highest BCUT2D eigenvalue weighted by Crippen LogP contribution is 2.39. The maximum atomic E-state index is 11.7. The van der Waals surface area contributed by atoms with Crippen molar-refractivity contribution in [2.24, 2.45) is 16.8 Å². The number of benzene rings is 1. The fraction of sp³-hybridized carbons (Fsp3) is 0.552. The third-order valence-electron chi connectivity index (χ3n) is 6.32. The van der Waals surface area contributed by atoms with E-state index in [0.29, 0.717) is 29.8 Å². The Labute approximate surface area is 213 Å². The van der Waals surface area contributed by atoms with Gasteiger partial charge in [0, 0.05) is 18.0 Å². The second kappa shape index (κ2) is 18.2. The van der Waals surface area contributed by atoms with Crippen LogP contribution in [0, 0.1) is 11.8 Å². The van der Waals surface area contributed by atoms with E-state index in [4.69, 9.17) is 11.6 Å². The molecule has 34 heavy (non-hydrogen) atoms. The molecule has 0 aliphatic heterocycles. The molecule has 1 aromatic rings. The predicted octanol–water partition coefficient (Wildman–Crippen LogP) is 7.52. The van der Waals surface area contributed by atoms with Crippen molar-refractivity contribution in [3.05, 3.63) is 59.2 Å². The van der Waals surface area contributed by atoms with E-state index in [1.165, 1.54) is 5.57 Å². The number of aldehydes is 1. The molecule has 190 valence electrons. The minimum atomic E-state index is -0.449. The van der Waals surface area contributed by atoms with Crippen LogP contribution in [-0.4, -0.2) is 42.4 Å². The number of hydrogen-bond donors (Lipinski definition) is 0. The first-order valence-electron chi connectivity index (χ1n) is 12.4. The topological polar surface area (TPSA) is 49.7 Å². The van der Waals surface area contributed by atoms with Crippen LogP contribution >= 0.6 is 11.6 Å². The Morgan fingerprint density at radius 3 is 2.21 bits per heavy atom. The third-order valence-corrected chi connectivity index (χ3v) is 6.47. The highest BCUT2D eigenvalue weighted by molar-refractivity contribution is 6.18. The van der Waals surface area contributed by atoms with Crippen LogP contribution in [0.25, 0.3) is 0 Å². The summed E-state index contributed by atoms with van der Waals surface area (Å²) in [7, 11) is 0. The van der Waals surface area contributed by atoms with Crippen LogP contribution in [0.1, 0.15) is 83.1 Å². The van der Waals surface area contributed by atoms with E-state index in [-0.39, 0.29) is 0 Å². The fourth-order valence-corrected chi connectivity index (χ4v) is 4.37. The van der Waals surface area contributed by atoms with Gasteiger partial charge in [0.25, 0.3) is 0 Å². The van der Waals surface area contributed by atoms with Gasteiger partial charge in [0.1, 0.15) is 11.9 Å². The third kappa shape index (κ3) is 10.8. The molecule has 1 aromatic carbocycles. The Hall–Kier alpha value is -2.20. The number of halogens is 1. The van der Waals surface area contributed by atoms with Crippen molar-refractivity contribution in [2.45, 2.75) is 79.3 Å². The molecule has 1 aliphatic carbocycles. The first kappa shape index (κ1) is 31.8. The molecule has 0 heterocycles. The fourth-order valence-electron chi connectivity index (χ4n) is 4.13. The highest BCUT2D eigenvalue weighted by Gasteiger charge is 2.39. The first-order valence-corrected chi connectivity index (χ1v) is 13.0. The maximum absolute atomic E-state index is 11.7. The van der Waals surface area contributed by atoms with E-state index in [1.54, 1.807) is 0 Å². The second-order valence-electron chi connectivity index (χ2n) is 8.73. The summed E-state index contributed by atoms with van der Waals surface area (Å²) in [5.74, 6) is 1.99. The SMILES string of the molecule is C/C=C\C(C)=C/CCl.C=NC1(N(C=O)CCc2ccc(C=O)cc2)CCC(C(C)C)CC1.CC. The predicted molar refractivity (Wildman–Crippen MR) is 148 cm³/mol. The van der Waals surface area contributed by atoms with Gasteiger partial charge in [-0.1, -0.05) is 75.8 Å². The summed E-state index contributed by atoms with van der Waals surface area (Å²) < 4.78 is 0. The zero-order chi connectivity index (χ0) is 26.0. The first-order chi connectivity index (χ1) is 16.3. The summed E-state index contributed by atoms with van der Waals surface area (Å²) in [5, 5.41) is 0. The Kier molecular flexibility index (Phi) is 17.0. The molecule has 1 saturated carbocycles. The van der Waals surface area contributed by atoms with E-state index < -0.39 is 5.66 Å². The molecule has 0 unspecified atom stereocenters. The largest absolute Gasteiger partial charge is 0.320 e. The van der Waals surface area contributed by atoms with Crippen molar-refractivity contribution in [1.29, 1.82) is 0 Å². The highest BCUT2D eigenvalue weighted by atomic mass is 35.5. The van der Waals surface area contributed by atoms with Crippen LogP contribution in [0.5, 0.6) is 0 Å². The zero-order valence-electron chi connectivity index (χ0n) is 22.1. The molecule has 0 radical (unpaired) electrons. The van der Waals surface area contributed by atoms with Gasteiger partial charge < -0.3 is 4.90 Å². The molecule has 0 bridgehead atoms. The Morgan fingerprint density at radius 1 is 1.21 bits per heavy atom. The molecule has 2 rings (SSSR count). The van der Waals surface area contributed by atoms with Gasteiger partial charge in [-0.05, 0) is 70.1 Å². The molecule has 1 fully saturated rings. The van der Waals surface area contributed by atoms with Gasteiger partial charge >= 0.3 is 0 Å². The number of allylic oxidation sites excluding steroid dienone is 4. The molecular weight excluding hydrogens is 444 g/mol. The number of rotatable bonds is 10. The van der Waals surface area contributed by atoms with Crippen molar-refractivity contribution < 1.29 is 9.59 Å². The van der Waals surface area contributed by atoms with Crippen LogP contribution in [-0.2, 0) is 11.2 Å². The Morgan fingerprint density at radius 2 is 1.79 bits per heavy atom. The number of aliphatic imine (C=N–C) groups is 1. The zero-order valence-corrected chi connectivity index (χ0v) is 22.9. The van der Waals surface area contributed by atoms with Crippen molar-refractivity contribution in [1.82, 2.24) is 4.90 Å². The Balaban J connectivity index is 0.000000924. The monoisotopic (exact) mass is 488 g/mol. The number of hydrogen-bond acceptors (Lipinski definition) is 3. The minimum Gasteiger partial charge on any atom is -0.320 e. The lowest BCUT2D eigenvalue weighted by atomic mass is 9.76. The molecule has 0 N–H and O–H groups in total. The molecule has 1 aliphatic rings. The summed E-state index contributed by atoms with van der Waals surface area (Å²) in [6.45, 7) is 17.0. The van der Waals surface area contributed by atoms with Gasteiger partial charge in [-0.15, -0.1) is 11.6 Å². The molecule has 0 atom stereocenters. The summed E-state index contributed by atoms with van der Waals surface area (Å²) >= 11 is 5.42. The maximum Gasteiger partial charge on any atom is 0.211 e. The van der Waals surface area contributed by atoms with E-state index in [0.717, 1.165) is 50.4 Å². The van der Waals surface area contributed by atoms with Crippen molar-refractivity contribution in [3.8, 4) is 0 Å². The summed E-state index contributed by atoms with van der Waals surface area (Å²) in [6, 6.07) is 7.50. The Bertz CT molecular complexity index is 761. The molecule has 0 aromatic heterocycles. The molecule has 0 saturated heterocycles. The average molecular weight is 489 g/mol. The molecule has 1 amide bonds. The smallest absolute Gasteiger partial charge is 0.211 e. The quantitative estimate of drug-likeness (QED) is 0.148.